The molecule has 1 amide bonds. The van der Waals surface area contributed by atoms with Crippen molar-refractivity contribution in [3.63, 3.8) is 0 Å². The summed E-state index contributed by atoms with van der Waals surface area (Å²) in [6, 6.07) is 9.19. The fourth-order valence-electron chi connectivity index (χ4n) is 3.59. The van der Waals surface area contributed by atoms with Gasteiger partial charge in [-0.2, -0.15) is 0 Å². The van der Waals surface area contributed by atoms with Crippen molar-refractivity contribution in [1.82, 2.24) is 4.90 Å². The first-order valence-corrected chi connectivity index (χ1v) is 9.61. The van der Waals surface area contributed by atoms with Gasteiger partial charge in [-0.25, -0.2) is 4.79 Å². The number of rotatable bonds is 4. The first-order valence-electron chi connectivity index (χ1n) is 9.61. The highest BCUT2D eigenvalue weighted by Crippen LogP contribution is 2.25. The van der Waals surface area contributed by atoms with Crippen molar-refractivity contribution in [3.05, 3.63) is 63.2 Å². The molecule has 0 saturated carbocycles. The topological polar surface area (TPSA) is 80.0 Å². The summed E-state index contributed by atoms with van der Waals surface area (Å²) in [5.41, 5.74) is 1.67. The maximum Gasteiger partial charge on any atom is 0.336 e. The molecular weight excluding hydrogens is 358 g/mol. The Kier molecular flexibility index (Phi) is 5.89. The van der Waals surface area contributed by atoms with Crippen LogP contribution in [0, 0.1) is 13.8 Å². The Morgan fingerprint density at radius 2 is 2.04 bits per heavy atom. The number of likely N-dealkylation sites (tertiary alicyclic amines) is 1. The predicted octanol–water partition coefficient (Wildman–Crippen LogP) is 3.03. The average molecular weight is 385 g/mol. The summed E-state index contributed by atoms with van der Waals surface area (Å²) in [5.74, 6) is 1.18. The van der Waals surface area contributed by atoms with Gasteiger partial charge < -0.3 is 19.2 Å². The largest absolute Gasteiger partial charge is 0.488 e. The molecule has 3 rings (SSSR count). The fraction of sp³-hybridized carbons (Fsp3) is 0.455. The number of piperidine rings is 1. The summed E-state index contributed by atoms with van der Waals surface area (Å²) in [4.78, 5) is 25.9. The van der Waals surface area contributed by atoms with Gasteiger partial charge in [0.2, 0.25) is 0 Å². The quantitative estimate of drug-likeness (QED) is 0.875. The van der Waals surface area contributed by atoms with E-state index in [0.717, 1.165) is 5.75 Å². The Morgan fingerprint density at radius 3 is 2.68 bits per heavy atom. The molecule has 0 aliphatic carbocycles. The van der Waals surface area contributed by atoms with Crippen molar-refractivity contribution in [2.45, 2.75) is 52.2 Å². The summed E-state index contributed by atoms with van der Waals surface area (Å²) in [5, 5.41) is 10.6. The molecular formula is C22H27NO5. The number of aliphatic hydroxyl groups is 1. The van der Waals surface area contributed by atoms with Crippen LogP contribution in [0.1, 0.15) is 53.4 Å². The van der Waals surface area contributed by atoms with Crippen molar-refractivity contribution < 1.29 is 19.1 Å². The van der Waals surface area contributed by atoms with Crippen LogP contribution in [-0.4, -0.2) is 41.2 Å². The lowest BCUT2D eigenvalue weighted by Crippen LogP contribution is -2.51. The van der Waals surface area contributed by atoms with Crippen molar-refractivity contribution in [3.8, 4) is 5.75 Å². The second-order valence-corrected chi connectivity index (χ2v) is 7.67. The van der Waals surface area contributed by atoms with Crippen LogP contribution < -0.4 is 10.4 Å². The third kappa shape index (κ3) is 4.28. The summed E-state index contributed by atoms with van der Waals surface area (Å²) in [6.45, 7) is 8.19. The minimum absolute atomic E-state index is 0.172. The summed E-state index contributed by atoms with van der Waals surface area (Å²) in [7, 11) is 0. The molecule has 1 aliphatic rings. The zero-order valence-electron chi connectivity index (χ0n) is 16.8. The van der Waals surface area contributed by atoms with Gasteiger partial charge in [0.25, 0.3) is 5.91 Å². The van der Waals surface area contributed by atoms with Gasteiger partial charge in [0.15, 0.2) is 0 Å². The highest BCUT2D eigenvalue weighted by Gasteiger charge is 2.33. The van der Waals surface area contributed by atoms with E-state index in [2.05, 4.69) is 19.9 Å². The SMILES string of the molecule is Cc1cc(=O)oc(C)c1C(=O)N1CC[C@@H](Oc2cccc(C(C)C)c2)[C@H](O)C1. The molecule has 0 bridgehead atoms. The number of aryl methyl sites for hydroxylation is 2. The lowest BCUT2D eigenvalue weighted by Gasteiger charge is -2.36. The number of benzene rings is 1. The van der Waals surface area contributed by atoms with Crippen molar-refractivity contribution >= 4 is 5.91 Å². The number of hydrogen-bond acceptors (Lipinski definition) is 5. The lowest BCUT2D eigenvalue weighted by molar-refractivity contribution is -0.0200. The van der Waals surface area contributed by atoms with Crippen LogP contribution in [0.25, 0.3) is 0 Å². The van der Waals surface area contributed by atoms with E-state index in [1.807, 2.05) is 18.2 Å². The summed E-state index contributed by atoms with van der Waals surface area (Å²) < 4.78 is 11.1. The molecule has 1 fully saturated rings. The number of nitrogens with zero attached hydrogens (tertiary/aromatic N) is 1. The monoisotopic (exact) mass is 385 g/mol. The number of aliphatic hydroxyl groups excluding tert-OH is 1. The van der Waals surface area contributed by atoms with E-state index in [1.165, 1.54) is 11.6 Å². The highest BCUT2D eigenvalue weighted by molar-refractivity contribution is 5.96. The van der Waals surface area contributed by atoms with Gasteiger partial charge in [-0.05, 0) is 43.0 Å². The molecule has 1 N–H and O–H groups in total. The number of β-amino-alcohol motifs (C(OH)–C–C–N with tert-alkyl or cyclic N) is 1. The van der Waals surface area contributed by atoms with Crippen LogP contribution in [0.3, 0.4) is 0 Å². The molecule has 0 spiro atoms. The van der Waals surface area contributed by atoms with Crippen LogP contribution in [0.2, 0.25) is 0 Å². The van der Waals surface area contributed by atoms with E-state index in [-0.39, 0.29) is 18.6 Å². The number of carbonyl (C=O) groups excluding carboxylic acids is 1. The van der Waals surface area contributed by atoms with Gasteiger partial charge in [-0.1, -0.05) is 26.0 Å². The Morgan fingerprint density at radius 1 is 1.29 bits per heavy atom. The Hall–Kier alpha value is -2.60. The Labute approximate surface area is 164 Å². The van der Waals surface area contributed by atoms with Gasteiger partial charge in [0.1, 0.15) is 23.7 Å². The lowest BCUT2D eigenvalue weighted by atomic mass is 10.0. The Bertz CT molecular complexity index is 891. The van der Waals surface area contributed by atoms with E-state index in [0.29, 0.717) is 35.8 Å². The molecule has 150 valence electrons. The molecule has 2 heterocycles. The third-order valence-electron chi connectivity index (χ3n) is 5.17. The summed E-state index contributed by atoms with van der Waals surface area (Å²) >= 11 is 0. The molecule has 6 nitrogen and oxygen atoms in total. The molecule has 0 radical (unpaired) electrons. The van der Waals surface area contributed by atoms with Gasteiger partial charge in [-0.3, -0.25) is 4.79 Å². The molecule has 1 aliphatic heterocycles. The zero-order valence-corrected chi connectivity index (χ0v) is 16.8. The van der Waals surface area contributed by atoms with Gasteiger partial charge >= 0.3 is 5.63 Å². The smallest absolute Gasteiger partial charge is 0.336 e. The van der Waals surface area contributed by atoms with E-state index in [9.17, 15) is 14.7 Å². The second kappa shape index (κ2) is 8.19. The Balaban J connectivity index is 1.69. The number of carbonyl (C=O) groups is 1. The van der Waals surface area contributed by atoms with E-state index in [4.69, 9.17) is 9.15 Å². The van der Waals surface area contributed by atoms with Crippen LogP contribution >= 0.6 is 0 Å². The normalized spacial score (nSPS) is 19.7. The standard InChI is InChI=1S/C22H27NO5/c1-13(2)16-6-5-7-17(11-16)28-19-8-9-23(12-18(19)24)22(26)21-14(3)10-20(25)27-15(21)4/h5-7,10-11,13,18-19,24H,8-9,12H2,1-4H3/t18-,19-/m1/s1. The predicted molar refractivity (Wildman–Crippen MR) is 106 cm³/mol. The third-order valence-corrected chi connectivity index (χ3v) is 5.17. The minimum atomic E-state index is -0.795. The number of ether oxygens (including phenoxy) is 1. The van der Waals surface area contributed by atoms with Crippen LogP contribution in [0.5, 0.6) is 5.75 Å². The molecule has 1 aromatic carbocycles. The molecule has 1 aromatic heterocycles. The molecule has 6 heteroatoms. The first kappa shape index (κ1) is 20.1. The van der Waals surface area contributed by atoms with E-state index < -0.39 is 11.7 Å². The van der Waals surface area contributed by atoms with Crippen molar-refractivity contribution in [2.75, 3.05) is 13.1 Å². The molecule has 2 aromatic rings. The average Bonchev–Trinajstić information content (AvgIpc) is 2.62. The van der Waals surface area contributed by atoms with E-state index in [1.54, 1.807) is 18.7 Å². The van der Waals surface area contributed by atoms with Crippen LogP contribution in [0.15, 0.2) is 39.5 Å². The van der Waals surface area contributed by atoms with Crippen LogP contribution in [0.4, 0.5) is 0 Å². The molecule has 2 atom stereocenters. The van der Waals surface area contributed by atoms with Crippen molar-refractivity contribution in [1.29, 1.82) is 0 Å². The molecule has 28 heavy (non-hydrogen) atoms. The summed E-state index contributed by atoms with van der Waals surface area (Å²) in [6.07, 6.45) is -0.646. The van der Waals surface area contributed by atoms with Gasteiger partial charge in [-0.15, -0.1) is 0 Å². The second-order valence-electron chi connectivity index (χ2n) is 7.67. The minimum Gasteiger partial charge on any atom is -0.488 e. The van der Waals surface area contributed by atoms with Gasteiger partial charge in [0, 0.05) is 19.0 Å². The van der Waals surface area contributed by atoms with Crippen molar-refractivity contribution in [2.24, 2.45) is 0 Å². The molecule has 0 unspecified atom stereocenters. The zero-order chi connectivity index (χ0) is 20.4. The number of hydrogen-bond donors (Lipinski definition) is 1. The maximum absolute atomic E-state index is 12.9. The number of amides is 1. The van der Waals surface area contributed by atoms with Crippen LogP contribution in [-0.2, 0) is 0 Å². The van der Waals surface area contributed by atoms with Gasteiger partial charge in [0.05, 0.1) is 12.1 Å². The fourth-order valence-corrected chi connectivity index (χ4v) is 3.59. The van der Waals surface area contributed by atoms with E-state index >= 15 is 0 Å². The highest BCUT2D eigenvalue weighted by atomic mass is 16.5. The first-order chi connectivity index (χ1) is 13.3. The maximum atomic E-state index is 12.9. The molecule has 1 saturated heterocycles.